The first-order valence-electron chi connectivity index (χ1n) is 11.1. The molecule has 6 N–H and O–H groups in total. The molecule has 3 aromatic carbocycles. The SMILES string of the molecule is CCc1c(-c2ccccc2)n(Cc2cccc(C(=N)N)c2)c(=O)n1Cc1cccc(C(=N)N)c1. The van der Waals surface area contributed by atoms with Crippen LogP contribution in [0.2, 0.25) is 0 Å². The fourth-order valence-electron chi connectivity index (χ4n) is 4.27. The minimum Gasteiger partial charge on any atom is -0.384 e. The number of aromatic nitrogens is 2. The normalized spacial score (nSPS) is 10.9. The molecule has 7 heteroatoms. The molecule has 0 radical (unpaired) electrons. The van der Waals surface area contributed by atoms with Crippen molar-refractivity contribution in [2.75, 3.05) is 0 Å². The predicted molar refractivity (Wildman–Crippen MR) is 137 cm³/mol. The molecule has 0 saturated heterocycles. The van der Waals surface area contributed by atoms with E-state index in [-0.39, 0.29) is 17.4 Å². The Morgan fingerprint density at radius 3 is 1.79 bits per heavy atom. The molecule has 7 nitrogen and oxygen atoms in total. The number of hydrogen-bond acceptors (Lipinski definition) is 3. The highest BCUT2D eigenvalue weighted by Crippen LogP contribution is 2.25. The summed E-state index contributed by atoms with van der Waals surface area (Å²) in [5, 5.41) is 15.5. The molecule has 0 amide bonds. The third kappa shape index (κ3) is 4.54. The van der Waals surface area contributed by atoms with Crippen LogP contribution in [0.1, 0.15) is 34.9 Å². The summed E-state index contributed by atoms with van der Waals surface area (Å²) in [5.74, 6) is -0.00698. The fourth-order valence-corrected chi connectivity index (χ4v) is 4.27. The molecule has 1 heterocycles. The maximum absolute atomic E-state index is 13.8. The van der Waals surface area contributed by atoms with Gasteiger partial charge in [-0.1, -0.05) is 73.7 Å². The van der Waals surface area contributed by atoms with Crippen molar-refractivity contribution in [2.24, 2.45) is 11.5 Å². The van der Waals surface area contributed by atoms with Crippen LogP contribution in [0.3, 0.4) is 0 Å². The quantitative estimate of drug-likeness (QED) is 0.241. The number of nitrogens with zero attached hydrogens (tertiary/aromatic N) is 2. The van der Waals surface area contributed by atoms with Gasteiger partial charge in [0.1, 0.15) is 11.7 Å². The van der Waals surface area contributed by atoms with Crippen LogP contribution in [0.25, 0.3) is 11.3 Å². The molecule has 34 heavy (non-hydrogen) atoms. The Balaban J connectivity index is 1.87. The van der Waals surface area contributed by atoms with Gasteiger partial charge in [0, 0.05) is 22.4 Å². The second-order valence-corrected chi connectivity index (χ2v) is 8.20. The molecule has 0 atom stereocenters. The Labute approximate surface area is 198 Å². The van der Waals surface area contributed by atoms with Crippen molar-refractivity contribution < 1.29 is 0 Å². The van der Waals surface area contributed by atoms with Crippen LogP contribution in [0.15, 0.2) is 83.7 Å². The van der Waals surface area contributed by atoms with E-state index in [1.165, 1.54) is 0 Å². The van der Waals surface area contributed by atoms with Crippen molar-refractivity contribution in [3.8, 4) is 11.3 Å². The molecule has 0 spiro atoms. The molecule has 0 aliphatic carbocycles. The van der Waals surface area contributed by atoms with Gasteiger partial charge >= 0.3 is 5.69 Å². The monoisotopic (exact) mass is 452 g/mol. The lowest BCUT2D eigenvalue weighted by Crippen LogP contribution is -2.26. The van der Waals surface area contributed by atoms with Gasteiger partial charge in [-0.05, 0) is 29.7 Å². The van der Waals surface area contributed by atoms with Gasteiger partial charge in [-0.25, -0.2) is 4.79 Å². The first-order chi connectivity index (χ1) is 16.4. The van der Waals surface area contributed by atoms with Gasteiger partial charge in [-0.3, -0.25) is 20.0 Å². The molecule has 172 valence electrons. The number of imidazole rings is 1. The maximum Gasteiger partial charge on any atom is 0.329 e. The van der Waals surface area contributed by atoms with Gasteiger partial charge in [0.15, 0.2) is 0 Å². The van der Waals surface area contributed by atoms with Gasteiger partial charge in [0.2, 0.25) is 0 Å². The summed E-state index contributed by atoms with van der Waals surface area (Å²) in [6.07, 6.45) is 0.673. The Hall–Kier alpha value is -4.39. The predicted octanol–water partition coefficient (Wildman–Crippen LogP) is 3.54. The lowest BCUT2D eigenvalue weighted by Gasteiger charge is -2.11. The number of nitrogens with two attached hydrogens (primary N) is 2. The van der Waals surface area contributed by atoms with Crippen LogP contribution in [-0.4, -0.2) is 20.8 Å². The van der Waals surface area contributed by atoms with E-state index in [0.717, 1.165) is 28.1 Å². The summed E-state index contributed by atoms with van der Waals surface area (Å²) in [6, 6.07) is 24.8. The molecule has 0 unspecified atom stereocenters. The molecule has 4 aromatic rings. The Morgan fingerprint density at radius 2 is 1.29 bits per heavy atom. The number of rotatable bonds is 8. The highest BCUT2D eigenvalue weighted by Gasteiger charge is 2.21. The van der Waals surface area contributed by atoms with E-state index >= 15 is 0 Å². The number of nitrogens with one attached hydrogen (secondary N) is 2. The van der Waals surface area contributed by atoms with E-state index in [4.69, 9.17) is 22.3 Å². The molecule has 0 fully saturated rings. The molecule has 0 aliphatic heterocycles. The zero-order valence-corrected chi connectivity index (χ0v) is 19.1. The average Bonchev–Trinajstić information content (AvgIpc) is 3.10. The third-order valence-electron chi connectivity index (χ3n) is 5.87. The van der Waals surface area contributed by atoms with Crippen molar-refractivity contribution in [3.63, 3.8) is 0 Å². The fraction of sp³-hybridized carbons (Fsp3) is 0.148. The van der Waals surface area contributed by atoms with Crippen molar-refractivity contribution >= 4 is 11.7 Å². The Bertz CT molecular complexity index is 1410. The number of hydrogen-bond donors (Lipinski definition) is 4. The van der Waals surface area contributed by atoms with E-state index < -0.39 is 0 Å². The average molecular weight is 453 g/mol. The zero-order chi connectivity index (χ0) is 24.2. The lowest BCUT2D eigenvalue weighted by atomic mass is 10.1. The standard InChI is InChI=1S/C27H28N6O/c1-2-23-24(20-10-4-3-5-11-20)33(17-19-9-7-13-22(15-19)26(30)31)27(34)32(23)16-18-8-6-12-21(14-18)25(28)29/h3-15H,2,16-17H2,1H3,(H3,28,29)(H3,30,31). The van der Waals surface area contributed by atoms with Crippen LogP contribution < -0.4 is 17.2 Å². The van der Waals surface area contributed by atoms with Gasteiger partial charge in [-0.2, -0.15) is 0 Å². The molecule has 0 aliphatic rings. The van der Waals surface area contributed by atoms with Gasteiger partial charge in [-0.15, -0.1) is 0 Å². The van der Waals surface area contributed by atoms with Crippen LogP contribution >= 0.6 is 0 Å². The zero-order valence-electron chi connectivity index (χ0n) is 19.1. The maximum atomic E-state index is 13.8. The van der Waals surface area contributed by atoms with Crippen LogP contribution in [0, 0.1) is 10.8 Å². The smallest absolute Gasteiger partial charge is 0.329 e. The van der Waals surface area contributed by atoms with Gasteiger partial charge in [0.05, 0.1) is 18.8 Å². The molecule has 4 rings (SSSR count). The Kier molecular flexibility index (Phi) is 6.45. The van der Waals surface area contributed by atoms with E-state index in [9.17, 15) is 4.79 Å². The number of benzene rings is 3. The third-order valence-corrected chi connectivity index (χ3v) is 5.87. The highest BCUT2D eigenvalue weighted by molar-refractivity contribution is 5.95. The summed E-state index contributed by atoms with van der Waals surface area (Å²) < 4.78 is 3.60. The van der Waals surface area contributed by atoms with Gasteiger partial charge < -0.3 is 11.5 Å². The topological polar surface area (TPSA) is 127 Å². The van der Waals surface area contributed by atoms with E-state index in [1.807, 2.05) is 73.7 Å². The second-order valence-electron chi connectivity index (χ2n) is 8.20. The van der Waals surface area contributed by atoms with E-state index in [0.29, 0.717) is 30.6 Å². The minimum atomic E-state index is -0.114. The van der Waals surface area contributed by atoms with Crippen molar-refractivity contribution in [2.45, 2.75) is 26.4 Å². The van der Waals surface area contributed by atoms with Gasteiger partial charge in [0.25, 0.3) is 0 Å². The molecule has 1 aromatic heterocycles. The van der Waals surface area contributed by atoms with E-state index in [2.05, 4.69) is 0 Å². The number of nitrogen functional groups attached to an aromatic ring is 2. The van der Waals surface area contributed by atoms with Crippen molar-refractivity contribution in [1.29, 1.82) is 10.8 Å². The van der Waals surface area contributed by atoms with Crippen LogP contribution in [0.5, 0.6) is 0 Å². The molecule has 0 saturated carbocycles. The Morgan fingerprint density at radius 1 is 0.765 bits per heavy atom. The van der Waals surface area contributed by atoms with Crippen molar-refractivity contribution in [3.05, 3.63) is 117 Å². The van der Waals surface area contributed by atoms with Crippen LogP contribution in [0.4, 0.5) is 0 Å². The summed E-state index contributed by atoms with van der Waals surface area (Å²) in [6.45, 7) is 2.78. The van der Waals surface area contributed by atoms with E-state index in [1.54, 1.807) is 21.3 Å². The summed E-state index contributed by atoms with van der Waals surface area (Å²) >= 11 is 0. The minimum absolute atomic E-state index is 0.00203. The number of amidine groups is 2. The largest absolute Gasteiger partial charge is 0.384 e. The summed E-state index contributed by atoms with van der Waals surface area (Å²) in [4.78, 5) is 13.8. The first-order valence-corrected chi connectivity index (χ1v) is 11.1. The summed E-state index contributed by atoms with van der Waals surface area (Å²) in [7, 11) is 0. The van der Waals surface area contributed by atoms with Crippen molar-refractivity contribution in [1.82, 2.24) is 9.13 Å². The second kappa shape index (κ2) is 9.62. The molecular weight excluding hydrogens is 424 g/mol. The molecule has 0 bridgehead atoms. The lowest BCUT2D eigenvalue weighted by molar-refractivity contribution is 0.671. The molecular formula is C27H28N6O. The highest BCUT2D eigenvalue weighted by atomic mass is 16.1. The summed E-state index contributed by atoms with van der Waals surface area (Å²) in [5.41, 5.74) is 17.1. The first kappa shape index (κ1) is 22.8. The van der Waals surface area contributed by atoms with Crippen LogP contribution in [-0.2, 0) is 19.5 Å².